The average Bonchev–Trinajstić information content (AvgIpc) is 2.61. The highest BCUT2D eigenvalue weighted by Crippen LogP contribution is 2.42. The largest absolute Gasteiger partial charge is 0.392 e. The normalized spacial score (nSPS) is 32.3. The van der Waals surface area contributed by atoms with E-state index in [1.165, 1.54) is 16.7 Å². The number of allylic oxidation sites excluding steroid dienone is 4. The first-order chi connectivity index (χ1) is 13.7. The van der Waals surface area contributed by atoms with Crippen LogP contribution in [0.2, 0.25) is 0 Å². The molecular weight excluding hydrogens is 364 g/mol. The molecule has 1 spiro atoms. The first-order valence-corrected chi connectivity index (χ1v) is 10.6. The lowest BCUT2D eigenvalue weighted by molar-refractivity contribution is -0.224. The Kier molecular flexibility index (Phi) is 6.77. The Bertz CT molecular complexity index is 807. The van der Waals surface area contributed by atoms with Crippen LogP contribution in [0.3, 0.4) is 0 Å². The summed E-state index contributed by atoms with van der Waals surface area (Å²) >= 11 is 0. The second-order valence-electron chi connectivity index (χ2n) is 8.95. The summed E-state index contributed by atoms with van der Waals surface area (Å²) < 4.78 is 12.8. The Labute approximate surface area is 174 Å². The van der Waals surface area contributed by atoms with Crippen molar-refractivity contribution in [2.75, 3.05) is 6.61 Å². The third-order valence-corrected chi connectivity index (χ3v) is 5.89. The number of aliphatic hydroxyl groups excluding tert-OH is 1. The molecule has 2 heterocycles. The van der Waals surface area contributed by atoms with Gasteiger partial charge in [0.2, 0.25) is 5.79 Å². The van der Waals surface area contributed by atoms with Gasteiger partial charge in [-0.15, -0.1) is 0 Å². The molecule has 158 valence electrons. The lowest BCUT2D eigenvalue weighted by Gasteiger charge is -2.45. The molecule has 2 aliphatic heterocycles. The maximum Gasteiger partial charge on any atom is 0.209 e. The van der Waals surface area contributed by atoms with Gasteiger partial charge in [0.05, 0.1) is 18.8 Å². The Morgan fingerprint density at radius 1 is 1.21 bits per heavy atom. The summed E-state index contributed by atoms with van der Waals surface area (Å²) in [4.78, 5) is 12.1. The molecule has 3 aliphatic rings. The Balaban J connectivity index is 1.83. The summed E-state index contributed by atoms with van der Waals surface area (Å²) in [5.41, 5.74) is 5.40. The van der Waals surface area contributed by atoms with Crippen LogP contribution in [-0.2, 0) is 14.3 Å². The minimum absolute atomic E-state index is 0.0743. The van der Waals surface area contributed by atoms with Crippen LogP contribution in [-0.4, -0.2) is 35.5 Å². The van der Waals surface area contributed by atoms with E-state index in [0.717, 1.165) is 30.4 Å². The molecule has 0 radical (unpaired) electrons. The number of Topliss-reactive ketones (excluding diaryl/α,β-unsaturated/α-hetero) is 1. The van der Waals surface area contributed by atoms with Gasteiger partial charge in [-0.3, -0.25) is 4.79 Å². The zero-order valence-corrected chi connectivity index (χ0v) is 18.3. The molecule has 3 rings (SSSR count). The van der Waals surface area contributed by atoms with Crippen molar-refractivity contribution in [1.82, 2.24) is 0 Å². The lowest BCUT2D eigenvalue weighted by atomic mass is 9.79. The molecule has 0 bridgehead atoms. The van der Waals surface area contributed by atoms with Crippen LogP contribution in [0.1, 0.15) is 60.3 Å². The molecule has 4 nitrogen and oxygen atoms in total. The number of rotatable bonds is 5. The minimum Gasteiger partial charge on any atom is -0.392 e. The van der Waals surface area contributed by atoms with E-state index in [0.29, 0.717) is 6.42 Å². The average molecular weight is 399 g/mol. The van der Waals surface area contributed by atoms with Crippen molar-refractivity contribution < 1.29 is 19.4 Å². The fourth-order valence-electron chi connectivity index (χ4n) is 4.42. The van der Waals surface area contributed by atoms with Crippen LogP contribution >= 0.6 is 0 Å². The van der Waals surface area contributed by atoms with E-state index in [1.807, 2.05) is 25.2 Å². The van der Waals surface area contributed by atoms with Crippen molar-refractivity contribution in [3.63, 3.8) is 0 Å². The Hall–Kier alpha value is -1.75. The number of carbonyl (C=O) groups excluding carboxylic acids is 1. The SMILES string of the molecule is CC(C)=CCC/C(C)=C/[C@@H]1CC(C)=C[C@]2(C=C(CO)[C@H]3CC(=O)C(C)=C[C@H]3O2)O1. The Morgan fingerprint density at radius 3 is 2.66 bits per heavy atom. The summed E-state index contributed by atoms with van der Waals surface area (Å²) in [5.74, 6) is -0.977. The van der Waals surface area contributed by atoms with Crippen LogP contribution in [0.15, 0.2) is 58.2 Å². The molecule has 4 atom stereocenters. The quantitative estimate of drug-likeness (QED) is 0.665. The summed E-state index contributed by atoms with van der Waals surface area (Å²) in [6, 6.07) is 0. The topological polar surface area (TPSA) is 55.8 Å². The second kappa shape index (κ2) is 8.95. The van der Waals surface area contributed by atoms with Crippen LogP contribution in [0.5, 0.6) is 0 Å². The van der Waals surface area contributed by atoms with Gasteiger partial charge in [0.15, 0.2) is 5.78 Å². The molecule has 0 unspecified atom stereocenters. The first kappa shape index (κ1) is 21.9. The van der Waals surface area contributed by atoms with Gasteiger partial charge in [-0.05, 0) is 83.3 Å². The molecule has 0 saturated heterocycles. The van der Waals surface area contributed by atoms with Crippen molar-refractivity contribution >= 4 is 5.78 Å². The van der Waals surface area contributed by atoms with Crippen LogP contribution in [0.4, 0.5) is 0 Å². The number of carbonyl (C=O) groups is 1. The van der Waals surface area contributed by atoms with Crippen LogP contribution in [0, 0.1) is 5.92 Å². The standard InChI is InChI=1S/C25H34O4/c1-16(2)7-6-8-17(3)9-21-10-18(4)13-25(28-21)14-20(15-26)22-12-23(27)19(5)11-24(22)29-25/h7,9,11,13-14,21-22,24,26H,6,8,10,12,15H2,1-5H3/b17-9+/t21-,22-,24-,25+/m1/s1. The van der Waals surface area contributed by atoms with E-state index >= 15 is 0 Å². The third kappa shape index (κ3) is 5.25. The molecule has 0 aromatic rings. The van der Waals surface area contributed by atoms with Gasteiger partial charge in [0, 0.05) is 12.3 Å². The lowest BCUT2D eigenvalue weighted by Crippen LogP contribution is -2.49. The van der Waals surface area contributed by atoms with Gasteiger partial charge >= 0.3 is 0 Å². The molecule has 0 aromatic heterocycles. The van der Waals surface area contributed by atoms with Gasteiger partial charge in [-0.25, -0.2) is 0 Å². The van der Waals surface area contributed by atoms with Gasteiger partial charge < -0.3 is 14.6 Å². The molecular formula is C25H34O4. The van der Waals surface area contributed by atoms with E-state index in [9.17, 15) is 9.90 Å². The van der Waals surface area contributed by atoms with Crippen molar-refractivity contribution in [3.8, 4) is 0 Å². The highest BCUT2D eigenvalue weighted by atomic mass is 16.7. The monoisotopic (exact) mass is 398 g/mol. The van der Waals surface area contributed by atoms with Gasteiger partial charge in [0.25, 0.3) is 0 Å². The summed E-state index contributed by atoms with van der Waals surface area (Å²) in [6.07, 6.45) is 13.2. The summed E-state index contributed by atoms with van der Waals surface area (Å²) in [7, 11) is 0. The predicted molar refractivity (Wildman–Crippen MR) is 115 cm³/mol. The number of ketones is 1. The number of fused-ring (bicyclic) bond motifs is 1. The molecule has 1 aliphatic carbocycles. The van der Waals surface area contributed by atoms with Crippen molar-refractivity contribution in [2.45, 2.75) is 78.3 Å². The Morgan fingerprint density at radius 2 is 1.97 bits per heavy atom. The molecule has 0 aromatic carbocycles. The second-order valence-corrected chi connectivity index (χ2v) is 8.95. The fourth-order valence-corrected chi connectivity index (χ4v) is 4.42. The minimum atomic E-state index is -0.986. The molecule has 0 saturated carbocycles. The van der Waals surface area contributed by atoms with E-state index in [-0.39, 0.29) is 30.5 Å². The van der Waals surface area contributed by atoms with E-state index in [4.69, 9.17) is 9.47 Å². The van der Waals surface area contributed by atoms with Crippen LogP contribution < -0.4 is 0 Å². The zero-order chi connectivity index (χ0) is 21.2. The van der Waals surface area contributed by atoms with Gasteiger partial charge in [0.1, 0.15) is 0 Å². The predicted octanol–water partition coefficient (Wildman–Crippen LogP) is 4.96. The van der Waals surface area contributed by atoms with Gasteiger partial charge in [-0.1, -0.05) is 28.9 Å². The summed E-state index contributed by atoms with van der Waals surface area (Å²) in [5, 5.41) is 9.97. The number of aliphatic hydroxyl groups is 1. The first-order valence-electron chi connectivity index (χ1n) is 10.6. The molecule has 0 amide bonds. The molecule has 29 heavy (non-hydrogen) atoms. The third-order valence-electron chi connectivity index (χ3n) is 5.89. The summed E-state index contributed by atoms with van der Waals surface area (Å²) in [6.45, 7) is 10.2. The van der Waals surface area contributed by atoms with Crippen LogP contribution in [0.25, 0.3) is 0 Å². The highest BCUT2D eigenvalue weighted by Gasteiger charge is 2.45. The van der Waals surface area contributed by atoms with Gasteiger partial charge in [-0.2, -0.15) is 0 Å². The van der Waals surface area contributed by atoms with Crippen molar-refractivity contribution in [1.29, 1.82) is 0 Å². The van der Waals surface area contributed by atoms with Crippen molar-refractivity contribution in [3.05, 3.63) is 58.2 Å². The number of hydrogen-bond donors (Lipinski definition) is 1. The number of hydrogen-bond acceptors (Lipinski definition) is 4. The van der Waals surface area contributed by atoms with E-state index in [1.54, 1.807) is 0 Å². The smallest absolute Gasteiger partial charge is 0.209 e. The van der Waals surface area contributed by atoms with E-state index < -0.39 is 5.79 Å². The van der Waals surface area contributed by atoms with E-state index in [2.05, 4.69) is 39.8 Å². The fraction of sp³-hybridized carbons (Fsp3) is 0.560. The number of ether oxygens (including phenoxy) is 2. The molecule has 4 heteroatoms. The maximum absolute atomic E-state index is 12.1. The highest BCUT2D eigenvalue weighted by molar-refractivity contribution is 5.96. The maximum atomic E-state index is 12.1. The molecule has 1 N–H and O–H groups in total. The van der Waals surface area contributed by atoms with Crippen molar-refractivity contribution in [2.24, 2.45) is 5.92 Å². The molecule has 0 fully saturated rings. The zero-order valence-electron chi connectivity index (χ0n) is 18.3.